The van der Waals surface area contributed by atoms with Gasteiger partial charge in [0.1, 0.15) is 17.3 Å². The van der Waals surface area contributed by atoms with Crippen molar-refractivity contribution >= 4 is 34.6 Å². The van der Waals surface area contributed by atoms with Gasteiger partial charge in [0, 0.05) is 22.8 Å². The first-order chi connectivity index (χ1) is 13.6. The third-order valence-electron chi connectivity index (χ3n) is 4.04. The molecule has 0 bridgehead atoms. The van der Waals surface area contributed by atoms with Crippen molar-refractivity contribution in [3.8, 4) is 5.75 Å². The summed E-state index contributed by atoms with van der Waals surface area (Å²) in [6.45, 7) is 3.11. The molecule has 0 aliphatic heterocycles. The molecule has 0 amide bonds. The van der Waals surface area contributed by atoms with Crippen LogP contribution in [0.5, 0.6) is 5.75 Å². The average Bonchev–Trinajstić information content (AvgIpc) is 3.19. The Morgan fingerprint density at radius 1 is 1.14 bits per heavy atom. The van der Waals surface area contributed by atoms with Crippen LogP contribution in [-0.2, 0) is 13.1 Å². The fourth-order valence-corrected chi connectivity index (χ4v) is 3.14. The first-order valence-corrected chi connectivity index (χ1v) is 9.59. The molecule has 1 aromatic heterocycles. The van der Waals surface area contributed by atoms with Gasteiger partial charge in [-0.05, 0) is 67.7 Å². The first-order valence-electron chi connectivity index (χ1n) is 8.81. The van der Waals surface area contributed by atoms with Crippen LogP contribution in [0.3, 0.4) is 0 Å². The van der Waals surface area contributed by atoms with Crippen molar-refractivity contribution < 1.29 is 13.5 Å². The number of hydrogen-bond donors (Lipinski definition) is 1. The predicted molar refractivity (Wildman–Crippen MR) is 113 cm³/mol. The number of thiocarbonyl (C=S) groups is 1. The van der Waals surface area contributed by atoms with E-state index in [1.165, 1.54) is 6.07 Å². The highest BCUT2D eigenvalue weighted by Crippen LogP contribution is 2.23. The molecule has 0 saturated carbocycles. The zero-order valence-electron chi connectivity index (χ0n) is 15.3. The molecule has 1 N–H and O–H groups in total. The Morgan fingerprint density at radius 3 is 2.57 bits per heavy atom. The smallest absolute Gasteiger partial charge is 0.174 e. The van der Waals surface area contributed by atoms with Crippen LogP contribution in [0.1, 0.15) is 18.2 Å². The summed E-state index contributed by atoms with van der Waals surface area (Å²) in [5, 5.41) is 3.96. The summed E-state index contributed by atoms with van der Waals surface area (Å²) in [7, 11) is 0. The minimum absolute atomic E-state index is 0.203. The molecular weight excluding hydrogens is 399 g/mol. The third-order valence-corrected chi connectivity index (χ3v) is 4.76. The second-order valence-electron chi connectivity index (χ2n) is 6.02. The number of anilines is 1. The molecule has 3 aromatic rings. The lowest BCUT2D eigenvalue weighted by Crippen LogP contribution is -2.34. The molecule has 3 rings (SSSR count). The molecule has 146 valence electrons. The van der Waals surface area contributed by atoms with Gasteiger partial charge in [-0.15, -0.1) is 0 Å². The van der Waals surface area contributed by atoms with Crippen molar-refractivity contribution in [2.24, 2.45) is 0 Å². The Bertz CT molecular complexity index is 896. The minimum Gasteiger partial charge on any atom is -0.494 e. The fourth-order valence-electron chi connectivity index (χ4n) is 2.67. The van der Waals surface area contributed by atoms with Gasteiger partial charge in [-0.2, -0.15) is 0 Å². The Kier molecular flexibility index (Phi) is 6.90. The van der Waals surface area contributed by atoms with Gasteiger partial charge in [-0.1, -0.05) is 17.7 Å². The van der Waals surface area contributed by atoms with Crippen LogP contribution in [0, 0.1) is 5.82 Å². The van der Waals surface area contributed by atoms with Crippen molar-refractivity contribution in [3.63, 3.8) is 0 Å². The van der Waals surface area contributed by atoms with E-state index in [0.29, 0.717) is 34.6 Å². The summed E-state index contributed by atoms with van der Waals surface area (Å²) in [6.07, 6.45) is 1.59. The van der Waals surface area contributed by atoms with E-state index in [1.54, 1.807) is 29.4 Å². The Labute approximate surface area is 173 Å². The molecule has 0 aliphatic carbocycles. The predicted octanol–water partition coefficient (Wildman–Crippen LogP) is 5.87. The lowest BCUT2D eigenvalue weighted by molar-refractivity contribution is 0.340. The summed E-state index contributed by atoms with van der Waals surface area (Å²) < 4.78 is 25.2. The lowest BCUT2D eigenvalue weighted by Gasteiger charge is -2.26. The second-order valence-corrected chi connectivity index (χ2v) is 6.82. The van der Waals surface area contributed by atoms with Crippen LogP contribution in [0.25, 0.3) is 0 Å². The van der Waals surface area contributed by atoms with E-state index in [2.05, 4.69) is 5.32 Å². The van der Waals surface area contributed by atoms with Crippen molar-refractivity contribution in [1.29, 1.82) is 0 Å². The van der Waals surface area contributed by atoms with Gasteiger partial charge < -0.3 is 19.4 Å². The Hall–Kier alpha value is -2.57. The second kappa shape index (κ2) is 9.57. The van der Waals surface area contributed by atoms with Crippen molar-refractivity contribution in [2.75, 3.05) is 11.9 Å². The van der Waals surface area contributed by atoms with Crippen molar-refractivity contribution in [2.45, 2.75) is 20.0 Å². The topological polar surface area (TPSA) is 37.6 Å². The molecule has 7 heteroatoms. The number of hydrogen-bond acceptors (Lipinski definition) is 3. The molecule has 0 saturated heterocycles. The first kappa shape index (κ1) is 20.2. The number of nitrogens with zero attached hydrogens (tertiary/aromatic N) is 1. The number of nitrogens with one attached hydrogen (secondary N) is 1. The maximum Gasteiger partial charge on any atom is 0.174 e. The van der Waals surface area contributed by atoms with Crippen LogP contribution in [0.4, 0.5) is 10.1 Å². The Morgan fingerprint density at radius 2 is 1.93 bits per heavy atom. The maximum atomic E-state index is 14.3. The number of halogens is 2. The van der Waals surface area contributed by atoms with Crippen LogP contribution in [0.15, 0.2) is 65.3 Å². The monoisotopic (exact) mass is 418 g/mol. The third kappa shape index (κ3) is 5.24. The number of rotatable bonds is 7. The summed E-state index contributed by atoms with van der Waals surface area (Å²) in [6, 6.07) is 15.7. The standard InChI is InChI=1S/C21H20ClFN2O2S/c1-2-26-16-10-8-15(9-11-16)24-21(28)25(13-17-5-4-12-27-17)14-18-19(22)6-3-7-20(18)23/h3-12H,2,13-14H2,1H3,(H,24,28). The van der Waals surface area contributed by atoms with E-state index in [9.17, 15) is 4.39 Å². The average molecular weight is 419 g/mol. The van der Waals surface area contributed by atoms with Crippen molar-refractivity contribution in [3.05, 3.63) is 83.0 Å². The summed E-state index contributed by atoms with van der Waals surface area (Å²) in [5.74, 6) is 1.12. The number of furan rings is 1. The largest absolute Gasteiger partial charge is 0.494 e. The number of ether oxygens (including phenoxy) is 1. The van der Waals surface area contributed by atoms with Gasteiger partial charge in [0.2, 0.25) is 0 Å². The van der Waals surface area contributed by atoms with Crippen LogP contribution in [0.2, 0.25) is 5.02 Å². The zero-order chi connectivity index (χ0) is 19.9. The maximum absolute atomic E-state index is 14.3. The summed E-state index contributed by atoms with van der Waals surface area (Å²) in [5.41, 5.74) is 1.18. The van der Waals surface area contributed by atoms with E-state index in [1.807, 2.05) is 37.3 Å². The fraction of sp³-hybridized carbons (Fsp3) is 0.190. The van der Waals surface area contributed by atoms with Gasteiger partial charge in [0.05, 0.1) is 19.4 Å². The van der Waals surface area contributed by atoms with Crippen LogP contribution < -0.4 is 10.1 Å². The molecule has 0 spiro atoms. The molecule has 0 aliphatic rings. The van der Waals surface area contributed by atoms with E-state index in [0.717, 1.165) is 11.4 Å². The molecule has 0 radical (unpaired) electrons. The quantitative estimate of drug-likeness (QED) is 0.485. The highest BCUT2D eigenvalue weighted by molar-refractivity contribution is 7.80. The van der Waals surface area contributed by atoms with Crippen LogP contribution in [-0.4, -0.2) is 16.6 Å². The van der Waals surface area contributed by atoms with E-state index >= 15 is 0 Å². The van der Waals surface area contributed by atoms with Gasteiger partial charge >= 0.3 is 0 Å². The van der Waals surface area contributed by atoms with Gasteiger partial charge in [-0.3, -0.25) is 0 Å². The van der Waals surface area contributed by atoms with E-state index in [4.69, 9.17) is 33.0 Å². The molecule has 1 heterocycles. The van der Waals surface area contributed by atoms with Gasteiger partial charge in [0.15, 0.2) is 5.11 Å². The highest BCUT2D eigenvalue weighted by atomic mass is 35.5. The summed E-state index contributed by atoms with van der Waals surface area (Å²) in [4.78, 5) is 1.80. The highest BCUT2D eigenvalue weighted by Gasteiger charge is 2.17. The molecule has 0 atom stereocenters. The molecule has 2 aromatic carbocycles. The SMILES string of the molecule is CCOc1ccc(NC(=S)N(Cc2ccco2)Cc2c(F)cccc2Cl)cc1. The number of benzene rings is 2. The minimum atomic E-state index is -0.374. The van der Waals surface area contributed by atoms with Crippen molar-refractivity contribution in [1.82, 2.24) is 4.90 Å². The van der Waals surface area contributed by atoms with E-state index in [-0.39, 0.29) is 12.4 Å². The normalized spacial score (nSPS) is 10.5. The van der Waals surface area contributed by atoms with Gasteiger partial charge in [-0.25, -0.2) is 4.39 Å². The van der Waals surface area contributed by atoms with Crippen LogP contribution >= 0.6 is 23.8 Å². The summed E-state index contributed by atoms with van der Waals surface area (Å²) >= 11 is 11.8. The van der Waals surface area contributed by atoms with E-state index < -0.39 is 0 Å². The molecular formula is C21H20ClFN2O2S. The Balaban J connectivity index is 1.78. The van der Waals surface area contributed by atoms with Gasteiger partial charge in [0.25, 0.3) is 0 Å². The molecule has 28 heavy (non-hydrogen) atoms. The molecule has 0 fully saturated rings. The molecule has 4 nitrogen and oxygen atoms in total. The zero-order valence-corrected chi connectivity index (χ0v) is 16.9. The lowest BCUT2D eigenvalue weighted by atomic mass is 10.2. The molecule has 0 unspecified atom stereocenters.